The number of nitrogens with zero attached hydrogens (tertiary/aromatic N) is 1. The van der Waals surface area contributed by atoms with Gasteiger partial charge in [0.2, 0.25) is 5.78 Å². The van der Waals surface area contributed by atoms with Gasteiger partial charge in [-0.1, -0.05) is 6.92 Å². The second-order valence-corrected chi connectivity index (χ2v) is 3.18. The lowest BCUT2D eigenvalue weighted by Crippen LogP contribution is -1.99. The Bertz CT molecular complexity index is 459. The molecule has 0 saturated heterocycles. The van der Waals surface area contributed by atoms with Gasteiger partial charge in [0.15, 0.2) is 5.76 Å². The van der Waals surface area contributed by atoms with Crippen LogP contribution in [0.25, 0.3) is 0 Å². The summed E-state index contributed by atoms with van der Waals surface area (Å²) in [4.78, 5) is 15.7. The largest absolute Gasteiger partial charge is 0.458 e. The van der Waals surface area contributed by atoms with Crippen molar-refractivity contribution >= 4 is 5.78 Å². The molecule has 0 aliphatic rings. The molecule has 0 unspecified atom stereocenters. The summed E-state index contributed by atoms with van der Waals surface area (Å²) < 4.78 is 5.38. The normalized spacial score (nSPS) is 10.2. The first kappa shape index (κ1) is 9.65. The van der Waals surface area contributed by atoms with Crippen molar-refractivity contribution in [3.05, 3.63) is 53.7 Å². The number of aryl methyl sites for hydroxylation is 1. The smallest absolute Gasteiger partial charge is 0.228 e. The zero-order chi connectivity index (χ0) is 10.7. The fourth-order valence-corrected chi connectivity index (χ4v) is 1.34. The van der Waals surface area contributed by atoms with Crippen molar-refractivity contribution in [3.8, 4) is 0 Å². The zero-order valence-electron chi connectivity index (χ0n) is 8.43. The van der Waals surface area contributed by atoms with Crippen LogP contribution in [-0.4, -0.2) is 10.8 Å². The van der Waals surface area contributed by atoms with E-state index < -0.39 is 0 Å². The Labute approximate surface area is 87.8 Å². The maximum Gasteiger partial charge on any atom is 0.228 e. The summed E-state index contributed by atoms with van der Waals surface area (Å²) in [6.07, 6.45) is 3.98. The summed E-state index contributed by atoms with van der Waals surface area (Å²) in [5.74, 6) is 1.11. The molecular weight excluding hydrogens is 190 g/mol. The third kappa shape index (κ3) is 1.96. The van der Waals surface area contributed by atoms with E-state index in [1.165, 1.54) is 0 Å². The Hall–Kier alpha value is -1.90. The van der Waals surface area contributed by atoms with Crippen LogP contribution in [-0.2, 0) is 6.42 Å². The van der Waals surface area contributed by atoms with E-state index >= 15 is 0 Å². The van der Waals surface area contributed by atoms with Crippen molar-refractivity contribution in [2.45, 2.75) is 13.3 Å². The first-order valence-corrected chi connectivity index (χ1v) is 4.84. The van der Waals surface area contributed by atoms with Crippen molar-refractivity contribution < 1.29 is 9.21 Å². The number of carbonyl (C=O) groups excluding carboxylic acids is 1. The maximum absolute atomic E-state index is 11.9. The highest BCUT2D eigenvalue weighted by molar-refractivity contribution is 6.06. The molecule has 15 heavy (non-hydrogen) atoms. The topological polar surface area (TPSA) is 43.1 Å². The average molecular weight is 201 g/mol. The second-order valence-electron chi connectivity index (χ2n) is 3.18. The molecule has 0 saturated carbocycles. The van der Waals surface area contributed by atoms with Gasteiger partial charge in [-0.25, -0.2) is 0 Å². The van der Waals surface area contributed by atoms with Crippen LogP contribution >= 0.6 is 0 Å². The van der Waals surface area contributed by atoms with Crippen LogP contribution in [0.1, 0.15) is 28.8 Å². The fraction of sp³-hybridized carbons (Fsp3) is 0.167. The first-order valence-electron chi connectivity index (χ1n) is 4.84. The van der Waals surface area contributed by atoms with E-state index in [0.717, 1.165) is 12.2 Å². The van der Waals surface area contributed by atoms with Crippen molar-refractivity contribution in [2.75, 3.05) is 0 Å². The molecule has 3 heteroatoms. The lowest BCUT2D eigenvalue weighted by Gasteiger charge is -1.95. The molecule has 0 atom stereocenters. The molecule has 0 aromatic carbocycles. The second kappa shape index (κ2) is 4.09. The van der Waals surface area contributed by atoms with Gasteiger partial charge in [0.25, 0.3) is 0 Å². The molecule has 2 heterocycles. The van der Waals surface area contributed by atoms with Gasteiger partial charge in [-0.15, -0.1) is 0 Å². The van der Waals surface area contributed by atoms with Crippen molar-refractivity contribution in [2.24, 2.45) is 0 Å². The standard InChI is InChI=1S/C12H11NO2/c1-2-10-3-4-11(15-10)12(14)9-5-7-13-8-6-9/h3-8H,2H2,1H3. The van der Waals surface area contributed by atoms with Crippen LogP contribution in [0.4, 0.5) is 0 Å². The predicted molar refractivity (Wildman–Crippen MR) is 55.8 cm³/mol. The highest BCUT2D eigenvalue weighted by Crippen LogP contribution is 2.13. The van der Waals surface area contributed by atoms with E-state index in [1.807, 2.05) is 13.0 Å². The number of rotatable bonds is 3. The van der Waals surface area contributed by atoms with Crippen molar-refractivity contribution in [3.63, 3.8) is 0 Å². The van der Waals surface area contributed by atoms with Crippen LogP contribution in [0, 0.1) is 0 Å². The lowest BCUT2D eigenvalue weighted by molar-refractivity contribution is 0.101. The number of pyridine rings is 1. The Balaban J connectivity index is 2.29. The molecule has 0 spiro atoms. The molecule has 2 aromatic rings. The van der Waals surface area contributed by atoms with Gasteiger partial charge in [0.05, 0.1) is 0 Å². The maximum atomic E-state index is 11.9. The minimum absolute atomic E-state index is 0.0999. The zero-order valence-corrected chi connectivity index (χ0v) is 8.43. The number of carbonyl (C=O) groups is 1. The number of furan rings is 1. The minimum Gasteiger partial charge on any atom is -0.458 e. The molecular formula is C12H11NO2. The number of aromatic nitrogens is 1. The van der Waals surface area contributed by atoms with E-state index in [9.17, 15) is 4.79 Å². The number of hydrogen-bond donors (Lipinski definition) is 0. The van der Waals surface area contributed by atoms with E-state index in [4.69, 9.17) is 4.42 Å². The molecule has 2 rings (SSSR count). The van der Waals surface area contributed by atoms with Gasteiger partial charge >= 0.3 is 0 Å². The van der Waals surface area contributed by atoms with Gasteiger partial charge in [-0.2, -0.15) is 0 Å². The molecule has 0 N–H and O–H groups in total. The Morgan fingerprint density at radius 3 is 2.60 bits per heavy atom. The molecule has 2 aromatic heterocycles. The summed E-state index contributed by atoms with van der Waals surface area (Å²) in [7, 11) is 0. The third-order valence-electron chi connectivity index (χ3n) is 2.18. The van der Waals surface area contributed by atoms with Crippen molar-refractivity contribution in [1.82, 2.24) is 4.98 Å². The summed E-state index contributed by atoms with van der Waals surface area (Å²) in [6, 6.07) is 6.89. The van der Waals surface area contributed by atoms with Crippen molar-refractivity contribution in [1.29, 1.82) is 0 Å². The molecule has 0 radical (unpaired) electrons. The molecule has 76 valence electrons. The Morgan fingerprint density at radius 1 is 1.27 bits per heavy atom. The van der Waals surface area contributed by atoms with Crippen LogP contribution in [0.2, 0.25) is 0 Å². The summed E-state index contributed by atoms with van der Waals surface area (Å²) >= 11 is 0. The molecule has 3 nitrogen and oxygen atoms in total. The highest BCUT2D eigenvalue weighted by Gasteiger charge is 2.12. The van der Waals surface area contributed by atoms with Gasteiger partial charge in [-0.05, 0) is 24.3 Å². The third-order valence-corrected chi connectivity index (χ3v) is 2.18. The van der Waals surface area contributed by atoms with Crippen LogP contribution in [0.5, 0.6) is 0 Å². The first-order chi connectivity index (χ1) is 7.31. The van der Waals surface area contributed by atoms with Crippen LogP contribution in [0.3, 0.4) is 0 Å². The SMILES string of the molecule is CCc1ccc(C(=O)c2ccncc2)o1. The monoisotopic (exact) mass is 201 g/mol. The minimum atomic E-state index is -0.0999. The van der Waals surface area contributed by atoms with E-state index in [0.29, 0.717) is 11.3 Å². The highest BCUT2D eigenvalue weighted by atomic mass is 16.3. The van der Waals surface area contributed by atoms with Crippen LogP contribution < -0.4 is 0 Å². The molecule has 0 amide bonds. The number of ketones is 1. The average Bonchev–Trinajstić information content (AvgIpc) is 2.78. The fourth-order valence-electron chi connectivity index (χ4n) is 1.34. The summed E-state index contributed by atoms with van der Waals surface area (Å²) in [5.41, 5.74) is 0.599. The Morgan fingerprint density at radius 2 is 2.00 bits per heavy atom. The lowest BCUT2D eigenvalue weighted by atomic mass is 10.1. The quantitative estimate of drug-likeness (QED) is 0.716. The summed E-state index contributed by atoms with van der Waals surface area (Å²) in [6.45, 7) is 1.99. The van der Waals surface area contributed by atoms with Gasteiger partial charge in [-0.3, -0.25) is 9.78 Å². The molecule has 0 bridgehead atoms. The molecule has 0 aliphatic carbocycles. The van der Waals surface area contributed by atoms with Gasteiger partial charge < -0.3 is 4.42 Å². The van der Waals surface area contributed by atoms with E-state index in [2.05, 4.69) is 4.98 Å². The number of hydrogen-bond acceptors (Lipinski definition) is 3. The van der Waals surface area contributed by atoms with E-state index in [1.54, 1.807) is 30.6 Å². The van der Waals surface area contributed by atoms with E-state index in [-0.39, 0.29) is 5.78 Å². The van der Waals surface area contributed by atoms with Crippen LogP contribution in [0.15, 0.2) is 41.1 Å². The summed E-state index contributed by atoms with van der Waals surface area (Å²) in [5, 5.41) is 0. The van der Waals surface area contributed by atoms with Gasteiger partial charge in [0, 0.05) is 24.4 Å². The molecule has 0 aliphatic heterocycles. The van der Waals surface area contributed by atoms with Gasteiger partial charge in [0.1, 0.15) is 5.76 Å². The predicted octanol–water partition coefficient (Wildman–Crippen LogP) is 2.47. The molecule has 0 fully saturated rings. The Kier molecular flexibility index (Phi) is 2.63.